The third-order valence-electron chi connectivity index (χ3n) is 11.1. The molecule has 2 saturated heterocycles. The molecule has 4 heteroatoms. The smallest absolute Gasteiger partial charge is 0.134 e. The number of hydrogen-bond donors (Lipinski definition) is 1. The van der Waals surface area contributed by atoms with Crippen LogP contribution in [0.1, 0.15) is 136 Å². The average molecular weight is 581 g/mol. The molecule has 4 aliphatic rings. The second-order valence-electron chi connectivity index (χ2n) is 14.2. The van der Waals surface area contributed by atoms with E-state index in [1.165, 1.54) is 136 Å². The van der Waals surface area contributed by atoms with E-state index < -0.39 is 0 Å². The Labute approximate surface area is 258 Å². The molecule has 4 fully saturated rings. The third kappa shape index (κ3) is 6.91. The number of rotatable bonds is 4. The Balaban J connectivity index is 0.000000140. The number of likely N-dealkylation sites (tertiary alicyclic amines) is 1. The number of piperidine rings is 2. The highest BCUT2D eigenvalue weighted by Crippen LogP contribution is 2.38. The molecule has 43 heavy (non-hydrogen) atoms. The van der Waals surface area contributed by atoms with E-state index in [0.717, 1.165) is 36.1 Å². The van der Waals surface area contributed by atoms with Crippen molar-refractivity contribution in [3.05, 3.63) is 71.2 Å². The van der Waals surface area contributed by atoms with Crippen LogP contribution in [0.3, 0.4) is 0 Å². The zero-order valence-corrected chi connectivity index (χ0v) is 26.4. The normalized spacial score (nSPS) is 22.2. The van der Waals surface area contributed by atoms with Gasteiger partial charge < -0.3 is 19.1 Å². The van der Waals surface area contributed by atoms with Crippen LogP contribution in [0.2, 0.25) is 0 Å². The number of fused-ring (bicyclic) bond motifs is 2. The predicted octanol–water partition coefficient (Wildman–Crippen LogP) is 10.2. The predicted molar refractivity (Wildman–Crippen MR) is 178 cm³/mol. The van der Waals surface area contributed by atoms with Gasteiger partial charge in [0, 0.05) is 22.6 Å². The summed E-state index contributed by atoms with van der Waals surface area (Å²) in [5, 5.41) is 6.06. The zero-order valence-electron chi connectivity index (χ0n) is 26.4. The first-order valence-corrected chi connectivity index (χ1v) is 17.7. The lowest BCUT2D eigenvalue weighted by Crippen LogP contribution is -2.29. The van der Waals surface area contributed by atoms with Crippen LogP contribution in [0.5, 0.6) is 0 Å². The summed E-state index contributed by atoms with van der Waals surface area (Å²) in [5.41, 5.74) is 5.21. The molecule has 0 atom stereocenters. The summed E-state index contributed by atoms with van der Waals surface area (Å²) in [7, 11) is 2.21. The van der Waals surface area contributed by atoms with Crippen molar-refractivity contribution in [2.75, 3.05) is 33.2 Å². The Morgan fingerprint density at radius 2 is 1.00 bits per heavy atom. The highest BCUT2D eigenvalue weighted by Gasteiger charge is 2.23. The maximum Gasteiger partial charge on any atom is 0.134 e. The minimum atomic E-state index is 0.608. The molecule has 2 aromatic heterocycles. The summed E-state index contributed by atoms with van der Waals surface area (Å²) < 4.78 is 12.3. The Kier molecular flexibility index (Phi) is 9.23. The van der Waals surface area contributed by atoms with Crippen LogP contribution in [-0.2, 0) is 0 Å². The van der Waals surface area contributed by atoms with E-state index in [9.17, 15) is 0 Å². The van der Waals surface area contributed by atoms with Crippen molar-refractivity contribution in [2.24, 2.45) is 0 Å². The molecule has 0 radical (unpaired) electrons. The molecule has 2 saturated carbocycles. The van der Waals surface area contributed by atoms with Crippen LogP contribution in [0.15, 0.2) is 57.4 Å². The standard InChI is InChI=1S/C20H27NO.C19H25NO/c1-21-11-9-16(10-12-21)20-14-18-13-17(7-8-19(18)22-20)15-5-3-2-4-6-15;1-2-4-14(5-3-1)16-6-7-18-17(12-16)13-19(21-18)15-8-10-20-11-9-15/h7-8,13-16H,2-6,9-12H2,1H3;6-7,12-15,20H,1-5,8-11H2. The topological polar surface area (TPSA) is 41.6 Å². The first-order chi connectivity index (χ1) is 21.2. The maximum atomic E-state index is 6.17. The summed E-state index contributed by atoms with van der Waals surface area (Å²) >= 11 is 0. The summed E-state index contributed by atoms with van der Waals surface area (Å²) in [6.07, 6.45) is 18.8. The monoisotopic (exact) mass is 580 g/mol. The Morgan fingerprint density at radius 3 is 1.49 bits per heavy atom. The second-order valence-corrected chi connectivity index (χ2v) is 14.2. The van der Waals surface area contributed by atoms with E-state index >= 15 is 0 Å². The van der Waals surface area contributed by atoms with E-state index in [1.807, 2.05) is 0 Å². The van der Waals surface area contributed by atoms with Crippen molar-refractivity contribution in [1.82, 2.24) is 10.2 Å². The Hall–Kier alpha value is -2.56. The highest BCUT2D eigenvalue weighted by molar-refractivity contribution is 5.80. The number of hydrogen-bond acceptors (Lipinski definition) is 4. The highest BCUT2D eigenvalue weighted by atomic mass is 16.3. The lowest BCUT2D eigenvalue weighted by molar-refractivity contribution is 0.242. The number of nitrogens with one attached hydrogen (secondary N) is 1. The van der Waals surface area contributed by atoms with Crippen LogP contribution in [0, 0.1) is 0 Å². The first kappa shape index (κ1) is 29.2. The van der Waals surface area contributed by atoms with Gasteiger partial charge in [0.05, 0.1) is 0 Å². The van der Waals surface area contributed by atoms with Crippen LogP contribution in [0.4, 0.5) is 0 Å². The van der Waals surface area contributed by atoms with Gasteiger partial charge >= 0.3 is 0 Å². The molecule has 4 nitrogen and oxygen atoms in total. The number of benzene rings is 2. The van der Waals surface area contributed by atoms with Gasteiger partial charge in [-0.1, -0.05) is 50.7 Å². The van der Waals surface area contributed by atoms with Gasteiger partial charge in [-0.15, -0.1) is 0 Å². The number of nitrogens with zero attached hydrogens (tertiary/aromatic N) is 1. The summed E-state index contributed by atoms with van der Waals surface area (Å²) in [6, 6.07) is 18.4. The van der Waals surface area contributed by atoms with Crippen LogP contribution in [0.25, 0.3) is 21.9 Å². The van der Waals surface area contributed by atoms with Crippen molar-refractivity contribution in [3.63, 3.8) is 0 Å². The lowest BCUT2D eigenvalue weighted by atomic mass is 9.84. The minimum absolute atomic E-state index is 0.608. The van der Waals surface area contributed by atoms with Crippen molar-refractivity contribution in [1.29, 1.82) is 0 Å². The van der Waals surface area contributed by atoms with Crippen LogP contribution in [-0.4, -0.2) is 38.1 Å². The molecule has 0 bridgehead atoms. The molecule has 0 spiro atoms. The van der Waals surface area contributed by atoms with Gasteiger partial charge in [0.15, 0.2) is 0 Å². The molecule has 2 aliphatic carbocycles. The Bertz CT molecular complexity index is 1440. The fourth-order valence-corrected chi connectivity index (χ4v) is 8.35. The fraction of sp³-hybridized carbons (Fsp3) is 0.590. The largest absolute Gasteiger partial charge is 0.461 e. The molecule has 4 heterocycles. The summed E-state index contributed by atoms with van der Waals surface area (Å²) in [4.78, 5) is 2.42. The first-order valence-electron chi connectivity index (χ1n) is 17.7. The molecule has 2 aliphatic heterocycles. The quantitative estimate of drug-likeness (QED) is 0.261. The van der Waals surface area contributed by atoms with Gasteiger partial charge in [0.1, 0.15) is 22.7 Å². The SMILES string of the molecule is CN1CCC(c2cc3cc(C4CCCCC4)ccc3o2)CC1.c1cc2oc(C3CCNCC3)cc2cc1C1CCCCC1. The molecule has 8 rings (SSSR count). The van der Waals surface area contributed by atoms with Gasteiger partial charge in [-0.25, -0.2) is 0 Å². The molecular weight excluding hydrogens is 528 g/mol. The van der Waals surface area contributed by atoms with Crippen molar-refractivity contribution < 1.29 is 8.83 Å². The molecule has 1 N–H and O–H groups in total. The summed E-state index contributed by atoms with van der Waals surface area (Å²) in [5.74, 6) is 5.19. The van der Waals surface area contributed by atoms with Gasteiger partial charge in [0.25, 0.3) is 0 Å². The van der Waals surface area contributed by atoms with E-state index in [-0.39, 0.29) is 0 Å². The van der Waals surface area contributed by atoms with E-state index in [1.54, 1.807) is 0 Å². The molecule has 0 unspecified atom stereocenters. The minimum Gasteiger partial charge on any atom is -0.461 e. The molecule has 4 aromatic rings. The number of furan rings is 2. The third-order valence-corrected chi connectivity index (χ3v) is 11.1. The molecular formula is C39H52N2O2. The molecule has 230 valence electrons. The van der Waals surface area contributed by atoms with Crippen molar-refractivity contribution >= 4 is 21.9 Å². The lowest BCUT2D eigenvalue weighted by Gasteiger charge is -2.27. The maximum absolute atomic E-state index is 6.17. The van der Waals surface area contributed by atoms with E-state index in [2.05, 4.69) is 65.8 Å². The van der Waals surface area contributed by atoms with Crippen LogP contribution < -0.4 is 5.32 Å². The van der Waals surface area contributed by atoms with Crippen molar-refractivity contribution in [2.45, 2.75) is 114 Å². The van der Waals surface area contributed by atoms with Crippen LogP contribution >= 0.6 is 0 Å². The van der Waals surface area contributed by atoms with Gasteiger partial charge in [-0.2, -0.15) is 0 Å². The van der Waals surface area contributed by atoms with Gasteiger partial charge in [-0.3, -0.25) is 0 Å². The van der Waals surface area contributed by atoms with Gasteiger partial charge in [0.2, 0.25) is 0 Å². The van der Waals surface area contributed by atoms with E-state index in [0.29, 0.717) is 11.8 Å². The zero-order chi connectivity index (χ0) is 29.0. The fourth-order valence-electron chi connectivity index (χ4n) is 8.35. The molecule has 0 amide bonds. The van der Waals surface area contributed by atoms with Gasteiger partial charge in [-0.05, 0) is 144 Å². The molecule has 2 aromatic carbocycles. The average Bonchev–Trinajstić information content (AvgIpc) is 3.71. The Morgan fingerprint density at radius 1 is 0.535 bits per heavy atom. The van der Waals surface area contributed by atoms with E-state index in [4.69, 9.17) is 8.83 Å². The second kappa shape index (κ2) is 13.6. The van der Waals surface area contributed by atoms with Crippen molar-refractivity contribution in [3.8, 4) is 0 Å². The summed E-state index contributed by atoms with van der Waals surface area (Å²) in [6.45, 7) is 4.62.